The summed E-state index contributed by atoms with van der Waals surface area (Å²) >= 11 is 0. The zero-order chi connectivity index (χ0) is 13.5. The topological polar surface area (TPSA) is 32.5 Å². The van der Waals surface area contributed by atoms with E-state index in [0.717, 1.165) is 13.1 Å². The van der Waals surface area contributed by atoms with Crippen LogP contribution in [0.2, 0.25) is 0 Å². The van der Waals surface area contributed by atoms with Gasteiger partial charge in [-0.3, -0.25) is 4.90 Å². The molecule has 1 atom stereocenters. The van der Waals surface area contributed by atoms with Crippen molar-refractivity contribution >= 4 is 0 Å². The maximum absolute atomic E-state index is 5.94. The lowest BCUT2D eigenvalue weighted by Crippen LogP contribution is -2.32. The third-order valence-corrected chi connectivity index (χ3v) is 3.30. The standard InChI is InChI=1S/C15H27N3/c1-13-7-5-8-14(11-13)15(12-16)18(4)10-6-9-17(2)3/h5,7-8,11,15H,6,9-10,12,16H2,1-4H3. The van der Waals surface area contributed by atoms with E-state index in [9.17, 15) is 0 Å². The van der Waals surface area contributed by atoms with E-state index in [4.69, 9.17) is 5.73 Å². The number of hydrogen-bond acceptors (Lipinski definition) is 3. The zero-order valence-corrected chi connectivity index (χ0v) is 12.2. The quantitative estimate of drug-likeness (QED) is 0.801. The van der Waals surface area contributed by atoms with Crippen LogP contribution in [0.5, 0.6) is 0 Å². The van der Waals surface area contributed by atoms with E-state index in [1.54, 1.807) is 0 Å². The molecule has 3 heteroatoms. The second kappa shape index (κ2) is 7.52. The molecule has 0 aliphatic rings. The fourth-order valence-corrected chi connectivity index (χ4v) is 2.24. The first-order valence-electron chi connectivity index (χ1n) is 6.66. The monoisotopic (exact) mass is 249 g/mol. The molecular formula is C15H27N3. The van der Waals surface area contributed by atoms with Crippen LogP contribution in [0.4, 0.5) is 0 Å². The SMILES string of the molecule is Cc1cccc(C(CN)N(C)CCCN(C)C)c1. The van der Waals surface area contributed by atoms with Crippen molar-refractivity contribution in [2.24, 2.45) is 5.73 Å². The van der Waals surface area contributed by atoms with Gasteiger partial charge in [0, 0.05) is 12.6 Å². The molecular weight excluding hydrogens is 222 g/mol. The van der Waals surface area contributed by atoms with E-state index < -0.39 is 0 Å². The van der Waals surface area contributed by atoms with Crippen LogP contribution in [0.25, 0.3) is 0 Å². The average molecular weight is 249 g/mol. The van der Waals surface area contributed by atoms with Crippen LogP contribution in [0, 0.1) is 6.92 Å². The summed E-state index contributed by atoms with van der Waals surface area (Å²) in [6.45, 7) is 4.99. The minimum Gasteiger partial charge on any atom is -0.329 e. The van der Waals surface area contributed by atoms with Crippen molar-refractivity contribution < 1.29 is 0 Å². The van der Waals surface area contributed by atoms with Gasteiger partial charge in [-0.05, 0) is 53.1 Å². The second-order valence-corrected chi connectivity index (χ2v) is 5.30. The van der Waals surface area contributed by atoms with E-state index in [-0.39, 0.29) is 0 Å². The third-order valence-electron chi connectivity index (χ3n) is 3.30. The van der Waals surface area contributed by atoms with Gasteiger partial charge in [-0.25, -0.2) is 0 Å². The zero-order valence-electron chi connectivity index (χ0n) is 12.2. The first-order chi connectivity index (χ1) is 8.54. The van der Waals surface area contributed by atoms with Gasteiger partial charge in [-0.15, -0.1) is 0 Å². The van der Waals surface area contributed by atoms with Crippen LogP contribution in [0.15, 0.2) is 24.3 Å². The summed E-state index contributed by atoms with van der Waals surface area (Å²) < 4.78 is 0. The van der Waals surface area contributed by atoms with Gasteiger partial charge >= 0.3 is 0 Å². The van der Waals surface area contributed by atoms with Gasteiger partial charge in [-0.2, -0.15) is 0 Å². The highest BCUT2D eigenvalue weighted by molar-refractivity contribution is 5.25. The van der Waals surface area contributed by atoms with Crippen LogP contribution in [-0.4, -0.2) is 50.6 Å². The van der Waals surface area contributed by atoms with Gasteiger partial charge in [-0.1, -0.05) is 29.8 Å². The lowest BCUT2D eigenvalue weighted by molar-refractivity contribution is 0.235. The third kappa shape index (κ3) is 4.77. The number of benzene rings is 1. The highest BCUT2D eigenvalue weighted by atomic mass is 15.1. The molecule has 0 spiro atoms. The van der Waals surface area contributed by atoms with Crippen molar-refractivity contribution in [3.8, 4) is 0 Å². The Balaban J connectivity index is 2.59. The molecule has 1 aromatic rings. The van der Waals surface area contributed by atoms with Gasteiger partial charge in [0.15, 0.2) is 0 Å². The van der Waals surface area contributed by atoms with Gasteiger partial charge in [0.05, 0.1) is 0 Å². The molecule has 0 fully saturated rings. The molecule has 3 nitrogen and oxygen atoms in total. The largest absolute Gasteiger partial charge is 0.329 e. The normalized spacial score (nSPS) is 13.3. The predicted molar refractivity (Wildman–Crippen MR) is 78.8 cm³/mol. The fraction of sp³-hybridized carbons (Fsp3) is 0.600. The van der Waals surface area contributed by atoms with Gasteiger partial charge in [0.2, 0.25) is 0 Å². The van der Waals surface area contributed by atoms with Gasteiger partial charge in [0.25, 0.3) is 0 Å². The number of likely N-dealkylation sites (N-methyl/N-ethyl adjacent to an activating group) is 1. The summed E-state index contributed by atoms with van der Waals surface area (Å²) in [4.78, 5) is 4.58. The van der Waals surface area contributed by atoms with Gasteiger partial charge in [0.1, 0.15) is 0 Å². The molecule has 0 aliphatic carbocycles. The molecule has 0 bridgehead atoms. The minimum absolute atomic E-state index is 0.326. The maximum atomic E-state index is 5.94. The van der Waals surface area contributed by atoms with Crippen LogP contribution in [0.3, 0.4) is 0 Å². The molecule has 0 aromatic heterocycles. The highest BCUT2D eigenvalue weighted by Crippen LogP contribution is 2.19. The summed E-state index contributed by atoms with van der Waals surface area (Å²) in [5.74, 6) is 0. The molecule has 0 aliphatic heterocycles. The van der Waals surface area contributed by atoms with Crippen molar-refractivity contribution in [3.63, 3.8) is 0 Å². The summed E-state index contributed by atoms with van der Waals surface area (Å²) in [5, 5.41) is 0. The Labute approximate surface area is 112 Å². The molecule has 0 radical (unpaired) electrons. The van der Waals surface area contributed by atoms with E-state index in [1.165, 1.54) is 17.5 Å². The Morgan fingerprint density at radius 1 is 1.17 bits per heavy atom. The molecule has 0 amide bonds. The summed E-state index contributed by atoms with van der Waals surface area (Å²) in [5.41, 5.74) is 8.56. The van der Waals surface area contributed by atoms with Gasteiger partial charge < -0.3 is 10.6 Å². The molecule has 102 valence electrons. The maximum Gasteiger partial charge on any atom is 0.0467 e. The van der Waals surface area contributed by atoms with Crippen molar-refractivity contribution in [1.29, 1.82) is 0 Å². The van der Waals surface area contributed by atoms with E-state index in [1.807, 2.05) is 0 Å². The van der Waals surface area contributed by atoms with E-state index >= 15 is 0 Å². The summed E-state index contributed by atoms with van der Waals surface area (Å²) in [7, 11) is 6.39. The molecule has 1 aromatic carbocycles. The summed E-state index contributed by atoms with van der Waals surface area (Å²) in [6, 6.07) is 8.98. The van der Waals surface area contributed by atoms with Crippen molar-refractivity contribution in [3.05, 3.63) is 35.4 Å². The smallest absolute Gasteiger partial charge is 0.0467 e. The molecule has 2 N–H and O–H groups in total. The lowest BCUT2D eigenvalue weighted by atomic mass is 10.0. The number of aryl methyl sites for hydroxylation is 1. The fourth-order valence-electron chi connectivity index (χ4n) is 2.24. The minimum atomic E-state index is 0.326. The summed E-state index contributed by atoms with van der Waals surface area (Å²) in [6.07, 6.45) is 1.17. The van der Waals surface area contributed by atoms with Crippen molar-refractivity contribution in [2.45, 2.75) is 19.4 Å². The van der Waals surface area contributed by atoms with Crippen molar-refractivity contribution in [1.82, 2.24) is 9.80 Å². The van der Waals surface area contributed by atoms with E-state index in [0.29, 0.717) is 12.6 Å². The molecule has 0 heterocycles. The Bertz CT molecular complexity index is 349. The van der Waals surface area contributed by atoms with Crippen LogP contribution in [0.1, 0.15) is 23.6 Å². The molecule has 1 unspecified atom stereocenters. The molecule has 0 saturated heterocycles. The predicted octanol–water partition coefficient (Wildman–Crippen LogP) is 1.88. The van der Waals surface area contributed by atoms with E-state index in [2.05, 4.69) is 62.1 Å². The number of nitrogens with two attached hydrogens (primary N) is 1. The molecule has 0 saturated carbocycles. The highest BCUT2D eigenvalue weighted by Gasteiger charge is 2.14. The molecule has 1 rings (SSSR count). The molecule has 18 heavy (non-hydrogen) atoms. The lowest BCUT2D eigenvalue weighted by Gasteiger charge is -2.28. The second-order valence-electron chi connectivity index (χ2n) is 5.30. The first-order valence-corrected chi connectivity index (χ1v) is 6.66. The Kier molecular flexibility index (Phi) is 6.33. The first kappa shape index (κ1) is 15.2. The number of nitrogens with zero attached hydrogens (tertiary/aromatic N) is 2. The Hall–Kier alpha value is -0.900. The Morgan fingerprint density at radius 2 is 1.89 bits per heavy atom. The Morgan fingerprint density at radius 3 is 2.44 bits per heavy atom. The van der Waals surface area contributed by atoms with Crippen LogP contribution >= 0.6 is 0 Å². The van der Waals surface area contributed by atoms with Crippen molar-refractivity contribution in [2.75, 3.05) is 40.8 Å². The van der Waals surface area contributed by atoms with Crippen LogP contribution < -0.4 is 5.73 Å². The average Bonchev–Trinajstić information content (AvgIpc) is 2.29. The van der Waals surface area contributed by atoms with Crippen LogP contribution in [-0.2, 0) is 0 Å². The number of rotatable bonds is 7. The number of hydrogen-bond donors (Lipinski definition) is 1.